The lowest BCUT2D eigenvalue weighted by Gasteiger charge is -2.35. The van der Waals surface area contributed by atoms with E-state index >= 15 is 0 Å². The van der Waals surface area contributed by atoms with E-state index in [2.05, 4.69) is 20.1 Å². The average molecular weight is 286 g/mol. The lowest BCUT2D eigenvalue weighted by molar-refractivity contribution is 0.0685. The van der Waals surface area contributed by atoms with Gasteiger partial charge in [0.25, 0.3) is 0 Å². The molecular weight excluding hydrogens is 268 g/mol. The van der Waals surface area contributed by atoms with Crippen molar-refractivity contribution in [3.05, 3.63) is 47.5 Å². The third kappa shape index (κ3) is 2.95. The van der Waals surface area contributed by atoms with Crippen molar-refractivity contribution >= 4 is 5.97 Å². The molecular formula is C15H18N4O2. The van der Waals surface area contributed by atoms with Crippen LogP contribution in [0.1, 0.15) is 47.1 Å². The molecule has 0 amide bonds. The SMILES string of the molecule is O=C(O)c1[nH]ncc1CN1CCCC[C@@H]1c1ccccn1. The molecule has 1 aliphatic rings. The van der Waals surface area contributed by atoms with Crippen LogP contribution in [0.2, 0.25) is 0 Å². The van der Waals surface area contributed by atoms with Gasteiger partial charge in [-0.05, 0) is 31.5 Å². The van der Waals surface area contributed by atoms with Crippen molar-refractivity contribution in [2.45, 2.75) is 31.8 Å². The van der Waals surface area contributed by atoms with Gasteiger partial charge in [-0.2, -0.15) is 5.10 Å². The minimum absolute atomic E-state index is 0.181. The molecule has 0 bridgehead atoms. The number of aromatic amines is 1. The molecule has 0 unspecified atom stereocenters. The topological polar surface area (TPSA) is 82.1 Å². The number of carboxylic acid groups (broad SMARTS) is 1. The highest BCUT2D eigenvalue weighted by Gasteiger charge is 2.26. The van der Waals surface area contributed by atoms with Crippen molar-refractivity contribution in [2.24, 2.45) is 0 Å². The molecule has 0 spiro atoms. The second kappa shape index (κ2) is 6.05. The van der Waals surface area contributed by atoms with Crippen LogP contribution in [0.25, 0.3) is 0 Å². The molecule has 2 aromatic heterocycles. The summed E-state index contributed by atoms with van der Waals surface area (Å²) in [6.07, 6.45) is 6.77. The number of piperidine rings is 1. The Labute approximate surface area is 122 Å². The number of H-pyrrole nitrogens is 1. The average Bonchev–Trinajstić information content (AvgIpc) is 2.97. The van der Waals surface area contributed by atoms with Gasteiger partial charge in [-0.1, -0.05) is 12.5 Å². The van der Waals surface area contributed by atoms with E-state index < -0.39 is 5.97 Å². The number of hydrogen-bond acceptors (Lipinski definition) is 4. The zero-order valence-corrected chi connectivity index (χ0v) is 11.7. The number of carbonyl (C=O) groups is 1. The van der Waals surface area contributed by atoms with E-state index in [1.54, 1.807) is 6.20 Å². The van der Waals surface area contributed by atoms with E-state index in [-0.39, 0.29) is 11.7 Å². The Kier molecular flexibility index (Phi) is 3.96. The molecule has 0 aromatic carbocycles. The first-order valence-electron chi connectivity index (χ1n) is 7.16. The van der Waals surface area contributed by atoms with Crippen LogP contribution in [0.15, 0.2) is 30.6 Å². The highest BCUT2D eigenvalue weighted by atomic mass is 16.4. The summed E-state index contributed by atoms with van der Waals surface area (Å²) in [5.74, 6) is -0.964. The lowest BCUT2D eigenvalue weighted by atomic mass is 9.98. The zero-order chi connectivity index (χ0) is 14.7. The first kappa shape index (κ1) is 13.8. The number of hydrogen-bond donors (Lipinski definition) is 2. The maximum Gasteiger partial charge on any atom is 0.354 e. The molecule has 110 valence electrons. The van der Waals surface area contributed by atoms with Gasteiger partial charge >= 0.3 is 5.97 Å². The molecule has 1 fully saturated rings. The summed E-state index contributed by atoms with van der Waals surface area (Å²) >= 11 is 0. The van der Waals surface area contributed by atoms with Crippen LogP contribution < -0.4 is 0 Å². The van der Waals surface area contributed by atoms with Gasteiger partial charge in [0, 0.05) is 18.3 Å². The summed E-state index contributed by atoms with van der Waals surface area (Å²) in [4.78, 5) is 17.9. The van der Waals surface area contributed by atoms with Gasteiger partial charge in [0.1, 0.15) is 5.69 Å². The van der Waals surface area contributed by atoms with Gasteiger partial charge in [0.2, 0.25) is 0 Å². The van der Waals surface area contributed by atoms with Crippen LogP contribution in [0.5, 0.6) is 0 Å². The number of aromatic nitrogens is 3. The van der Waals surface area contributed by atoms with Gasteiger partial charge in [0.15, 0.2) is 0 Å². The van der Waals surface area contributed by atoms with Crippen molar-refractivity contribution in [1.29, 1.82) is 0 Å². The van der Waals surface area contributed by atoms with Crippen molar-refractivity contribution in [1.82, 2.24) is 20.1 Å². The second-order valence-electron chi connectivity index (χ2n) is 5.31. The summed E-state index contributed by atoms with van der Waals surface area (Å²) in [6, 6.07) is 6.19. The first-order valence-corrected chi connectivity index (χ1v) is 7.16. The Hall–Kier alpha value is -2.21. The van der Waals surface area contributed by atoms with Crippen LogP contribution in [0, 0.1) is 0 Å². The smallest absolute Gasteiger partial charge is 0.354 e. The van der Waals surface area contributed by atoms with Crippen LogP contribution in [-0.4, -0.2) is 37.7 Å². The highest BCUT2D eigenvalue weighted by molar-refractivity contribution is 5.86. The number of nitrogens with one attached hydrogen (secondary N) is 1. The number of pyridine rings is 1. The standard InChI is InChI=1S/C15H18N4O2/c20-15(21)14-11(9-17-18-14)10-19-8-4-2-6-13(19)12-5-1-3-7-16-12/h1,3,5,7,9,13H,2,4,6,8,10H2,(H,17,18)(H,20,21)/t13-/m1/s1. The van der Waals surface area contributed by atoms with Crippen molar-refractivity contribution in [3.63, 3.8) is 0 Å². The third-order valence-corrected chi connectivity index (χ3v) is 3.95. The van der Waals surface area contributed by atoms with E-state index in [4.69, 9.17) is 5.11 Å². The van der Waals surface area contributed by atoms with Crippen LogP contribution >= 0.6 is 0 Å². The fraction of sp³-hybridized carbons (Fsp3) is 0.400. The van der Waals surface area contributed by atoms with E-state index in [9.17, 15) is 4.79 Å². The number of nitrogens with zero attached hydrogens (tertiary/aromatic N) is 3. The summed E-state index contributed by atoms with van der Waals surface area (Å²) < 4.78 is 0. The second-order valence-corrected chi connectivity index (χ2v) is 5.31. The summed E-state index contributed by atoms with van der Waals surface area (Å²) in [5.41, 5.74) is 1.96. The predicted molar refractivity (Wildman–Crippen MR) is 76.8 cm³/mol. The van der Waals surface area contributed by atoms with Gasteiger partial charge < -0.3 is 5.11 Å². The van der Waals surface area contributed by atoms with Crippen molar-refractivity contribution in [3.8, 4) is 0 Å². The van der Waals surface area contributed by atoms with E-state index in [0.717, 1.165) is 30.6 Å². The van der Waals surface area contributed by atoms with Gasteiger partial charge in [0.05, 0.1) is 17.9 Å². The normalized spacial score (nSPS) is 19.5. The van der Waals surface area contributed by atoms with Crippen molar-refractivity contribution < 1.29 is 9.90 Å². The van der Waals surface area contributed by atoms with E-state index in [0.29, 0.717) is 6.54 Å². The molecule has 1 saturated heterocycles. The maximum atomic E-state index is 11.2. The molecule has 6 nitrogen and oxygen atoms in total. The molecule has 3 rings (SSSR count). The Morgan fingerprint density at radius 1 is 1.43 bits per heavy atom. The molecule has 0 aliphatic carbocycles. The summed E-state index contributed by atoms with van der Waals surface area (Å²) in [6.45, 7) is 1.53. The Balaban J connectivity index is 1.82. The Bertz CT molecular complexity index is 611. The minimum atomic E-state index is -0.964. The van der Waals surface area contributed by atoms with E-state index in [1.165, 1.54) is 6.42 Å². The summed E-state index contributed by atoms with van der Waals surface area (Å²) in [7, 11) is 0. The number of likely N-dealkylation sites (tertiary alicyclic amines) is 1. The Morgan fingerprint density at radius 2 is 2.33 bits per heavy atom. The first-order chi connectivity index (χ1) is 10.3. The number of aromatic carboxylic acids is 1. The predicted octanol–water partition coefficient (Wildman–Crippen LogP) is 2.23. The number of carboxylic acids is 1. The molecule has 1 atom stereocenters. The fourth-order valence-corrected chi connectivity index (χ4v) is 2.92. The zero-order valence-electron chi connectivity index (χ0n) is 11.7. The number of rotatable bonds is 4. The molecule has 6 heteroatoms. The molecule has 21 heavy (non-hydrogen) atoms. The molecule has 1 aliphatic heterocycles. The van der Waals surface area contributed by atoms with E-state index in [1.807, 2.05) is 24.4 Å². The molecule has 0 radical (unpaired) electrons. The van der Waals surface area contributed by atoms with Crippen LogP contribution in [-0.2, 0) is 6.54 Å². The fourth-order valence-electron chi connectivity index (χ4n) is 2.92. The van der Waals surface area contributed by atoms with Crippen LogP contribution in [0.3, 0.4) is 0 Å². The summed E-state index contributed by atoms with van der Waals surface area (Å²) in [5, 5.41) is 15.6. The van der Waals surface area contributed by atoms with Gasteiger partial charge in [-0.25, -0.2) is 4.79 Å². The van der Waals surface area contributed by atoms with Crippen LogP contribution in [0.4, 0.5) is 0 Å². The maximum absolute atomic E-state index is 11.2. The third-order valence-electron chi connectivity index (χ3n) is 3.95. The van der Waals surface area contributed by atoms with Gasteiger partial charge in [-0.3, -0.25) is 15.0 Å². The molecule has 3 heterocycles. The molecule has 2 N–H and O–H groups in total. The monoisotopic (exact) mass is 286 g/mol. The molecule has 2 aromatic rings. The van der Waals surface area contributed by atoms with Crippen molar-refractivity contribution in [2.75, 3.05) is 6.54 Å². The van der Waals surface area contributed by atoms with Gasteiger partial charge in [-0.15, -0.1) is 0 Å². The lowest BCUT2D eigenvalue weighted by Crippen LogP contribution is -2.33. The largest absolute Gasteiger partial charge is 0.477 e. The highest BCUT2D eigenvalue weighted by Crippen LogP contribution is 2.31. The molecule has 0 saturated carbocycles. The minimum Gasteiger partial charge on any atom is -0.477 e. The quantitative estimate of drug-likeness (QED) is 0.900. The Morgan fingerprint density at radius 3 is 3.10 bits per heavy atom.